The number of rotatable bonds is 5. The molecule has 0 unspecified atom stereocenters. The summed E-state index contributed by atoms with van der Waals surface area (Å²) >= 11 is 0. The van der Waals surface area contributed by atoms with Crippen molar-refractivity contribution in [2.45, 2.75) is 43.5 Å². The Labute approximate surface area is 147 Å². The van der Waals surface area contributed by atoms with Crippen molar-refractivity contribution in [3.8, 4) is 0 Å². The molecule has 2 aromatic rings. The van der Waals surface area contributed by atoms with Crippen LogP contribution in [0.3, 0.4) is 0 Å². The van der Waals surface area contributed by atoms with Crippen LogP contribution in [0.25, 0.3) is 0 Å². The molecule has 0 spiro atoms. The van der Waals surface area contributed by atoms with Gasteiger partial charge in [0.1, 0.15) is 5.76 Å². The molecule has 1 aliphatic rings. The summed E-state index contributed by atoms with van der Waals surface area (Å²) in [7, 11) is -1.99. The summed E-state index contributed by atoms with van der Waals surface area (Å²) in [5.41, 5.74) is 0.731. The normalized spacial score (nSPS) is 17.6. The van der Waals surface area contributed by atoms with Crippen molar-refractivity contribution in [1.29, 1.82) is 0 Å². The lowest BCUT2D eigenvalue weighted by atomic mass is 9.86. The van der Waals surface area contributed by atoms with Gasteiger partial charge in [0.15, 0.2) is 0 Å². The highest BCUT2D eigenvalue weighted by Crippen LogP contribution is 2.41. The number of hydrogen-bond donors (Lipinski definition) is 1. The van der Waals surface area contributed by atoms with Gasteiger partial charge < -0.3 is 9.32 Å². The molecule has 25 heavy (non-hydrogen) atoms. The van der Waals surface area contributed by atoms with Crippen molar-refractivity contribution in [3.05, 3.63) is 47.9 Å². The first kappa shape index (κ1) is 17.7. The summed E-state index contributed by atoms with van der Waals surface area (Å²) in [6.07, 6.45) is 2.02. The topological polar surface area (TPSA) is 79.6 Å². The number of sulfonamides is 1. The number of amides is 1. The minimum Gasteiger partial charge on any atom is -0.469 e. The molecular formula is C18H22N2O4S. The number of anilines is 1. The molecule has 1 atom stereocenters. The van der Waals surface area contributed by atoms with Crippen LogP contribution in [0.4, 0.5) is 5.69 Å². The first-order chi connectivity index (χ1) is 11.6. The van der Waals surface area contributed by atoms with Gasteiger partial charge in [-0.25, -0.2) is 13.1 Å². The van der Waals surface area contributed by atoms with E-state index in [1.165, 1.54) is 6.07 Å². The third-order valence-corrected chi connectivity index (χ3v) is 6.18. The fourth-order valence-electron chi connectivity index (χ4n) is 3.22. The second-order valence-electron chi connectivity index (χ2n) is 6.97. The molecule has 0 aliphatic carbocycles. The van der Waals surface area contributed by atoms with Gasteiger partial charge >= 0.3 is 0 Å². The number of likely N-dealkylation sites (N-methyl/N-ethyl adjacent to an activating group) is 1. The minimum absolute atomic E-state index is 0.0452. The number of nitrogens with zero attached hydrogens (tertiary/aromatic N) is 1. The Balaban J connectivity index is 1.87. The van der Waals surface area contributed by atoms with Crippen LogP contribution in [0.2, 0.25) is 0 Å². The average molecular weight is 362 g/mol. The molecule has 7 heteroatoms. The molecule has 6 nitrogen and oxygen atoms in total. The highest BCUT2D eigenvalue weighted by Gasteiger charge is 2.42. The van der Waals surface area contributed by atoms with E-state index in [9.17, 15) is 13.2 Å². The summed E-state index contributed by atoms with van der Waals surface area (Å²) in [4.78, 5) is 14.1. The van der Waals surface area contributed by atoms with E-state index in [4.69, 9.17) is 4.42 Å². The van der Waals surface area contributed by atoms with E-state index in [1.807, 2.05) is 6.07 Å². The molecule has 2 heterocycles. The Morgan fingerprint density at radius 2 is 2.00 bits per heavy atom. The van der Waals surface area contributed by atoms with Crippen molar-refractivity contribution < 1.29 is 17.6 Å². The third kappa shape index (κ3) is 3.09. The summed E-state index contributed by atoms with van der Waals surface area (Å²) < 4.78 is 33.3. The van der Waals surface area contributed by atoms with Gasteiger partial charge in [0, 0.05) is 25.2 Å². The Kier molecular flexibility index (Phi) is 4.25. The number of furan rings is 1. The van der Waals surface area contributed by atoms with Gasteiger partial charge in [0.25, 0.3) is 0 Å². The van der Waals surface area contributed by atoms with Crippen molar-refractivity contribution in [3.63, 3.8) is 0 Å². The van der Waals surface area contributed by atoms with Crippen LogP contribution in [0.1, 0.15) is 32.1 Å². The van der Waals surface area contributed by atoms with Crippen molar-refractivity contribution in [2.75, 3.05) is 11.9 Å². The zero-order valence-electron chi connectivity index (χ0n) is 14.7. The highest BCUT2D eigenvalue weighted by molar-refractivity contribution is 7.89. The van der Waals surface area contributed by atoms with Crippen molar-refractivity contribution in [2.24, 2.45) is 0 Å². The van der Waals surface area contributed by atoms with Gasteiger partial charge in [0.2, 0.25) is 15.9 Å². The monoisotopic (exact) mass is 362 g/mol. The van der Waals surface area contributed by atoms with Crippen molar-refractivity contribution in [1.82, 2.24) is 4.72 Å². The van der Waals surface area contributed by atoms with Crippen LogP contribution in [-0.2, 0) is 26.7 Å². The molecule has 0 fully saturated rings. The molecular weight excluding hydrogens is 340 g/mol. The smallest absolute Gasteiger partial charge is 0.240 e. The molecule has 0 bridgehead atoms. The summed E-state index contributed by atoms with van der Waals surface area (Å²) in [6, 6.07) is 8.08. The van der Waals surface area contributed by atoms with Gasteiger partial charge in [0.05, 0.1) is 16.6 Å². The van der Waals surface area contributed by atoms with Crippen molar-refractivity contribution >= 4 is 21.6 Å². The fraction of sp³-hybridized carbons (Fsp3) is 0.389. The van der Waals surface area contributed by atoms with Gasteiger partial charge in [-0.15, -0.1) is 0 Å². The van der Waals surface area contributed by atoms with Gasteiger partial charge in [-0.05, 0) is 56.7 Å². The van der Waals surface area contributed by atoms with Crippen LogP contribution >= 0.6 is 0 Å². The van der Waals surface area contributed by atoms with Crippen LogP contribution in [0.5, 0.6) is 0 Å². The van der Waals surface area contributed by atoms with E-state index in [-0.39, 0.29) is 16.8 Å². The lowest BCUT2D eigenvalue weighted by molar-refractivity contribution is -0.121. The van der Waals surface area contributed by atoms with E-state index < -0.39 is 15.4 Å². The lowest BCUT2D eigenvalue weighted by Gasteiger charge is -2.17. The maximum atomic E-state index is 12.7. The number of carbonyl (C=O) groups is 1. The Bertz CT molecular complexity index is 901. The standard InChI is InChI=1S/C18H22N2O4S/c1-12(10-13-6-5-9-24-13)19-25(22,23)14-7-8-16-15(11-14)18(2,3)17(21)20(16)4/h5-9,11-12,19H,10H2,1-4H3/t12-/m1/s1. The van der Waals surface area contributed by atoms with Crippen LogP contribution in [0.15, 0.2) is 45.9 Å². The molecule has 0 radical (unpaired) electrons. The molecule has 0 saturated heterocycles. The molecule has 3 rings (SSSR count). The average Bonchev–Trinajstić information content (AvgIpc) is 3.09. The second kappa shape index (κ2) is 6.00. The maximum Gasteiger partial charge on any atom is 0.240 e. The Morgan fingerprint density at radius 1 is 1.28 bits per heavy atom. The van der Waals surface area contributed by atoms with Crippen LogP contribution in [-0.4, -0.2) is 27.4 Å². The zero-order valence-corrected chi connectivity index (χ0v) is 15.6. The highest BCUT2D eigenvalue weighted by atomic mass is 32.2. The summed E-state index contributed by atoms with van der Waals surface area (Å²) in [6.45, 7) is 5.40. The Morgan fingerprint density at radius 3 is 2.64 bits per heavy atom. The lowest BCUT2D eigenvalue weighted by Crippen LogP contribution is -2.34. The Hall–Kier alpha value is -2.12. The van der Waals surface area contributed by atoms with Crippen LogP contribution < -0.4 is 9.62 Å². The fourth-order valence-corrected chi connectivity index (χ4v) is 4.49. The zero-order chi connectivity index (χ0) is 18.4. The van der Waals surface area contributed by atoms with Gasteiger partial charge in [-0.3, -0.25) is 4.79 Å². The number of carbonyl (C=O) groups excluding carboxylic acids is 1. The van der Waals surface area contributed by atoms with Crippen LogP contribution in [0, 0.1) is 0 Å². The molecule has 134 valence electrons. The molecule has 1 aromatic heterocycles. The summed E-state index contributed by atoms with van der Waals surface area (Å²) in [5, 5.41) is 0. The minimum atomic E-state index is -3.69. The molecule has 1 N–H and O–H groups in total. The second-order valence-corrected chi connectivity index (χ2v) is 8.69. The number of hydrogen-bond acceptors (Lipinski definition) is 4. The SMILES string of the molecule is C[C@H](Cc1ccco1)NS(=O)(=O)c1ccc2c(c1)C(C)(C)C(=O)N2C. The summed E-state index contributed by atoms with van der Waals surface area (Å²) in [5.74, 6) is 0.675. The van der Waals surface area contributed by atoms with E-state index in [1.54, 1.807) is 57.2 Å². The molecule has 1 aromatic carbocycles. The largest absolute Gasteiger partial charge is 0.469 e. The van der Waals surface area contributed by atoms with E-state index >= 15 is 0 Å². The molecule has 1 aliphatic heterocycles. The third-order valence-electron chi connectivity index (χ3n) is 4.60. The van der Waals surface area contributed by atoms with E-state index in [2.05, 4.69) is 4.72 Å². The quantitative estimate of drug-likeness (QED) is 0.886. The van der Waals surface area contributed by atoms with Gasteiger partial charge in [-0.1, -0.05) is 0 Å². The molecule has 1 amide bonds. The predicted octanol–water partition coefficient (Wildman–Crippen LogP) is 2.44. The van der Waals surface area contributed by atoms with E-state index in [0.717, 1.165) is 17.0 Å². The van der Waals surface area contributed by atoms with E-state index in [0.29, 0.717) is 6.42 Å². The number of benzene rings is 1. The first-order valence-electron chi connectivity index (χ1n) is 8.10. The van der Waals surface area contributed by atoms with Gasteiger partial charge in [-0.2, -0.15) is 0 Å². The first-order valence-corrected chi connectivity index (χ1v) is 9.58. The number of fused-ring (bicyclic) bond motifs is 1. The maximum absolute atomic E-state index is 12.7. The number of nitrogens with one attached hydrogen (secondary N) is 1. The predicted molar refractivity (Wildman–Crippen MR) is 95.1 cm³/mol. The molecule has 0 saturated carbocycles.